The number of aromatic nitrogens is 2. The number of aliphatic hydroxyl groups is 1. The molecule has 0 amide bonds. The molecule has 1 aromatic rings. The molecule has 0 aliphatic carbocycles. The van der Waals surface area contributed by atoms with Crippen LogP contribution in [-0.4, -0.2) is 47.3 Å². The predicted molar refractivity (Wildman–Crippen MR) is 80.7 cm³/mol. The summed E-state index contributed by atoms with van der Waals surface area (Å²) in [6.45, 7) is 4.80. The van der Waals surface area contributed by atoms with Crippen molar-refractivity contribution in [2.24, 2.45) is 7.05 Å². The van der Waals surface area contributed by atoms with Gasteiger partial charge in [-0.3, -0.25) is 4.68 Å². The van der Waals surface area contributed by atoms with Gasteiger partial charge in [-0.25, -0.2) is 0 Å². The molecule has 5 heteroatoms. The van der Waals surface area contributed by atoms with Crippen LogP contribution >= 0.6 is 0 Å². The lowest BCUT2D eigenvalue weighted by molar-refractivity contribution is 0.0356. The number of unbranched alkanes of at least 4 members (excludes halogenated alkanes) is 3. The second kappa shape index (κ2) is 10.8. The van der Waals surface area contributed by atoms with Crippen molar-refractivity contribution in [2.45, 2.75) is 45.1 Å². The minimum Gasteiger partial charge on any atom is -0.389 e. The standard InChI is InChI=1S/C15H29N3O2/c1-3-4-5-6-9-20-13-15(19)11-16-8-7-14-10-17-18(2)12-14/h10,12,15-16,19H,3-9,11,13H2,1-2H3. The monoisotopic (exact) mass is 283 g/mol. The van der Waals surface area contributed by atoms with Crippen molar-refractivity contribution in [2.75, 3.05) is 26.3 Å². The van der Waals surface area contributed by atoms with E-state index in [-0.39, 0.29) is 0 Å². The third kappa shape index (κ3) is 8.30. The molecular formula is C15H29N3O2. The summed E-state index contributed by atoms with van der Waals surface area (Å²) in [6, 6.07) is 0. The molecule has 0 aliphatic rings. The number of hydrogen-bond donors (Lipinski definition) is 2. The lowest BCUT2D eigenvalue weighted by Gasteiger charge is -2.12. The van der Waals surface area contributed by atoms with E-state index < -0.39 is 6.10 Å². The molecule has 0 spiro atoms. The summed E-state index contributed by atoms with van der Waals surface area (Å²) >= 11 is 0. The Hall–Kier alpha value is -0.910. The number of rotatable bonds is 12. The zero-order valence-electron chi connectivity index (χ0n) is 12.8. The second-order valence-electron chi connectivity index (χ2n) is 5.27. The molecule has 0 fully saturated rings. The van der Waals surface area contributed by atoms with Gasteiger partial charge >= 0.3 is 0 Å². The highest BCUT2D eigenvalue weighted by molar-refractivity contribution is 5.03. The van der Waals surface area contributed by atoms with Gasteiger partial charge in [0.1, 0.15) is 0 Å². The number of nitrogens with zero attached hydrogens (tertiary/aromatic N) is 2. The van der Waals surface area contributed by atoms with E-state index in [1.165, 1.54) is 24.8 Å². The van der Waals surface area contributed by atoms with Gasteiger partial charge in [-0.1, -0.05) is 26.2 Å². The molecule has 116 valence electrons. The second-order valence-corrected chi connectivity index (χ2v) is 5.27. The van der Waals surface area contributed by atoms with Crippen molar-refractivity contribution in [3.05, 3.63) is 18.0 Å². The molecule has 1 rings (SSSR count). The predicted octanol–water partition coefficient (Wildman–Crippen LogP) is 1.51. The summed E-state index contributed by atoms with van der Waals surface area (Å²) in [6.07, 6.45) is 9.21. The highest BCUT2D eigenvalue weighted by Crippen LogP contribution is 1.99. The van der Waals surface area contributed by atoms with Gasteiger partial charge in [0, 0.05) is 26.4 Å². The Morgan fingerprint density at radius 1 is 1.40 bits per heavy atom. The van der Waals surface area contributed by atoms with E-state index in [0.717, 1.165) is 26.0 Å². The van der Waals surface area contributed by atoms with Crippen LogP contribution in [0.4, 0.5) is 0 Å². The largest absolute Gasteiger partial charge is 0.389 e. The maximum Gasteiger partial charge on any atom is 0.0897 e. The third-order valence-electron chi connectivity index (χ3n) is 3.18. The van der Waals surface area contributed by atoms with E-state index in [2.05, 4.69) is 17.3 Å². The Morgan fingerprint density at radius 3 is 2.95 bits per heavy atom. The molecule has 0 aromatic carbocycles. The van der Waals surface area contributed by atoms with Gasteiger partial charge < -0.3 is 15.2 Å². The van der Waals surface area contributed by atoms with E-state index in [1.54, 1.807) is 4.68 Å². The Balaban J connectivity index is 1.91. The lowest BCUT2D eigenvalue weighted by Crippen LogP contribution is -2.31. The van der Waals surface area contributed by atoms with Gasteiger partial charge in [0.25, 0.3) is 0 Å². The van der Waals surface area contributed by atoms with Gasteiger partial charge in [-0.2, -0.15) is 5.10 Å². The topological polar surface area (TPSA) is 59.3 Å². The maximum atomic E-state index is 9.75. The molecule has 0 aliphatic heterocycles. The molecule has 1 unspecified atom stereocenters. The van der Waals surface area contributed by atoms with Crippen molar-refractivity contribution in [3.63, 3.8) is 0 Å². The smallest absolute Gasteiger partial charge is 0.0897 e. The molecule has 0 radical (unpaired) electrons. The number of nitrogens with one attached hydrogen (secondary N) is 1. The van der Waals surface area contributed by atoms with Crippen molar-refractivity contribution in [1.29, 1.82) is 0 Å². The Bertz CT molecular complexity index is 342. The summed E-state index contributed by atoms with van der Waals surface area (Å²) in [5, 5.41) is 17.1. The van der Waals surface area contributed by atoms with Gasteiger partial charge in [0.15, 0.2) is 0 Å². The van der Waals surface area contributed by atoms with Crippen LogP contribution in [0.5, 0.6) is 0 Å². The van der Waals surface area contributed by atoms with Crippen LogP contribution < -0.4 is 5.32 Å². The third-order valence-corrected chi connectivity index (χ3v) is 3.18. The minimum absolute atomic E-state index is 0.421. The van der Waals surface area contributed by atoms with E-state index in [0.29, 0.717) is 13.2 Å². The SMILES string of the molecule is CCCCCCOCC(O)CNCCc1cnn(C)c1. The summed E-state index contributed by atoms with van der Waals surface area (Å²) in [4.78, 5) is 0. The van der Waals surface area contributed by atoms with Crippen LogP contribution in [0.15, 0.2) is 12.4 Å². The number of hydrogen-bond acceptors (Lipinski definition) is 4. The molecule has 1 heterocycles. The first-order valence-electron chi connectivity index (χ1n) is 7.66. The molecular weight excluding hydrogens is 254 g/mol. The fourth-order valence-electron chi connectivity index (χ4n) is 2.01. The van der Waals surface area contributed by atoms with Gasteiger partial charge in [-0.05, 0) is 24.9 Å². The number of aliphatic hydroxyl groups excluding tert-OH is 1. The quantitative estimate of drug-likeness (QED) is 0.571. The van der Waals surface area contributed by atoms with E-state index in [9.17, 15) is 5.11 Å². The summed E-state index contributed by atoms with van der Waals surface area (Å²) < 4.78 is 7.26. The first-order chi connectivity index (χ1) is 9.72. The zero-order valence-corrected chi connectivity index (χ0v) is 12.8. The normalized spacial score (nSPS) is 12.8. The number of ether oxygens (including phenoxy) is 1. The van der Waals surface area contributed by atoms with Crippen molar-refractivity contribution in [1.82, 2.24) is 15.1 Å². The first kappa shape index (κ1) is 17.1. The summed E-state index contributed by atoms with van der Waals surface area (Å²) in [7, 11) is 1.92. The highest BCUT2D eigenvalue weighted by atomic mass is 16.5. The fourth-order valence-corrected chi connectivity index (χ4v) is 2.01. The Morgan fingerprint density at radius 2 is 2.25 bits per heavy atom. The summed E-state index contributed by atoms with van der Waals surface area (Å²) in [5.41, 5.74) is 1.21. The zero-order chi connectivity index (χ0) is 14.6. The fraction of sp³-hybridized carbons (Fsp3) is 0.800. The van der Waals surface area contributed by atoms with Crippen molar-refractivity contribution < 1.29 is 9.84 Å². The maximum absolute atomic E-state index is 9.75. The van der Waals surface area contributed by atoms with Gasteiger partial charge in [0.05, 0.1) is 18.9 Å². The van der Waals surface area contributed by atoms with E-state index in [4.69, 9.17) is 4.74 Å². The first-order valence-corrected chi connectivity index (χ1v) is 7.66. The molecule has 20 heavy (non-hydrogen) atoms. The van der Waals surface area contributed by atoms with E-state index in [1.807, 2.05) is 19.4 Å². The highest BCUT2D eigenvalue weighted by Gasteiger charge is 2.03. The molecule has 5 nitrogen and oxygen atoms in total. The van der Waals surface area contributed by atoms with Crippen LogP contribution in [0.25, 0.3) is 0 Å². The molecule has 2 N–H and O–H groups in total. The Labute approximate surface area is 122 Å². The average molecular weight is 283 g/mol. The average Bonchev–Trinajstić information content (AvgIpc) is 2.84. The van der Waals surface area contributed by atoms with Crippen molar-refractivity contribution in [3.8, 4) is 0 Å². The molecule has 1 atom stereocenters. The van der Waals surface area contributed by atoms with Crippen LogP contribution in [0.3, 0.4) is 0 Å². The van der Waals surface area contributed by atoms with Crippen LogP contribution in [0.2, 0.25) is 0 Å². The minimum atomic E-state index is -0.421. The van der Waals surface area contributed by atoms with Crippen molar-refractivity contribution >= 4 is 0 Å². The lowest BCUT2D eigenvalue weighted by atomic mass is 10.2. The van der Waals surface area contributed by atoms with Crippen LogP contribution in [0.1, 0.15) is 38.2 Å². The van der Waals surface area contributed by atoms with Crippen LogP contribution in [-0.2, 0) is 18.2 Å². The number of aryl methyl sites for hydroxylation is 1. The molecule has 0 saturated carbocycles. The van der Waals surface area contributed by atoms with Gasteiger partial charge in [-0.15, -0.1) is 0 Å². The van der Waals surface area contributed by atoms with Crippen LogP contribution in [0, 0.1) is 0 Å². The molecule has 0 saturated heterocycles. The molecule has 0 bridgehead atoms. The summed E-state index contributed by atoms with van der Waals surface area (Å²) in [5.74, 6) is 0. The molecule has 1 aromatic heterocycles. The van der Waals surface area contributed by atoms with E-state index >= 15 is 0 Å². The Kier molecular flexibility index (Phi) is 9.28. The van der Waals surface area contributed by atoms with Gasteiger partial charge in [0.2, 0.25) is 0 Å².